The summed E-state index contributed by atoms with van der Waals surface area (Å²) in [7, 11) is 1.48. The van der Waals surface area contributed by atoms with Crippen molar-refractivity contribution in [2.45, 2.75) is 104 Å². The van der Waals surface area contributed by atoms with Crippen LogP contribution in [0.2, 0.25) is 0 Å². The van der Waals surface area contributed by atoms with Gasteiger partial charge in [-0.1, -0.05) is 34.1 Å². The minimum absolute atomic E-state index is 0.0952. The van der Waals surface area contributed by atoms with Crippen LogP contribution in [0.5, 0.6) is 0 Å². The number of aliphatic hydroxyl groups is 2. The number of carbonyl (C=O) groups excluding carboxylic acids is 1. The Hall–Kier alpha value is -0.610. The minimum Gasteiger partial charge on any atom is -0.469 e. The third kappa shape index (κ3) is 3.68. The van der Waals surface area contributed by atoms with Crippen LogP contribution >= 0.6 is 0 Å². The lowest BCUT2D eigenvalue weighted by molar-refractivity contribution is -0.203. The lowest BCUT2D eigenvalue weighted by Gasteiger charge is -2.64. The first kappa shape index (κ1) is 23.5. The number of fused-ring (bicyclic) bond motifs is 5. The van der Waals surface area contributed by atoms with E-state index in [1.165, 1.54) is 32.8 Å². The van der Waals surface area contributed by atoms with Gasteiger partial charge in [0.2, 0.25) is 0 Å². The van der Waals surface area contributed by atoms with Gasteiger partial charge >= 0.3 is 5.97 Å². The van der Waals surface area contributed by atoms with Crippen molar-refractivity contribution in [2.75, 3.05) is 7.11 Å². The number of aliphatic hydroxyl groups excluding tert-OH is 2. The largest absolute Gasteiger partial charge is 0.469 e. The summed E-state index contributed by atoms with van der Waals surface area (Å²) >= 11 is 0. The van der Waals surface area contributed by atoms with Crippen LogP contribution in [-0.2, 0) is 9.53 Å². The van der Waals surface area contributed by atoms with Crippen molar-refractivity contribution in [3.05, 3.63) is 0 Å². The van der Waals surface area contributed by atoms with E-state index in [9.17, 15) is 15.0 Å². The Morgan fingerprint density at radius 2 is 1.71 bits per heavy atom. The average Bonchev–Trinajstić information content (AvgIpc) is 3.10. The Bertz CT molecular complexity index is 664. The number of ether oxygens (including phenoxy) is 1. The van der Waals surface area contributed by atoms with E-state index >= 15 is 0 Å². The topological polar surface area (TPSA) is 66.8 Å². The number of methoxy groups -OCH3 is 1. The molecule has 4 fully saturated rings. The molecule has 4 aliphatic carbocycles. The molecule has 0 aromatic carbocycles. The monoisotopic (exact) mass is 434 g/mol. The van der Waals surface area contributed by atoms with Crippen LogP contribution in [0.3, 0.4) is 0 Å². The molecule has 4 nitrogen and oxygen atoms in total. The summed E-state index contributed by atoms with van der Waals surface area (Å²) < 4.78 is 4.88. The molecule has 0 radical (unpaired) electrons. The van der Waals surface area contributed by atoms with E-state index in [1.54, 1.807) is 0 Å². The summed E-state index contributed by atoms with van der Waals surface area (Å²) in [6, 6.07) is 0. The third-order valence-corrected chi connectivity index (χ3v) is 11.2. The second kappa shape index (κ2) is 8.63. The standard InChI is InChI=1S/C27H46O4/c1-6-18-22-15-17(28)11-13-27(22,4)21-12-14-26(3)19(16(2)7-10-23(29)31-5)8-9-20(26)24(21)25(18)30/h16-22,24-25,28,30H,6-15H2,1-5H3/t16?,17-,18?,19-,20+,21+,22+,24+,25-,26-,27-/m1/s1. The van der Waals surface area contributed by atoms with Gasteiger partial charge in [-0.3, -0.25) is 4.79 Å². The van der Waals surface area contributed by atoms with E-state index in [0.717, 1.165) is 32.1 Å². The van der Waals surface area contributed by atoms with Crippen molar-refractivity contribution in [1.82, 2.24) is 0 Å². The highest BCUT2D eigenvalue weighted by Gasteiger charge is 2.64. The molecule has 0 amide bonds. The van der Waals surface area contributed by atoms with Crippen LogP contribution in [0.4, 0.5) is 0 Å². The Morgan fingerprint density at radius 3 is 2.39 bits per heavy atom. The molecule has 2 unspecified atom stereocenters. The van der Waals surface area contributed by atoms with Gasteiger partial charge in [0.25, 0.3) is 0 Å². The molecule has 0 aliphatic heterocycles. The fraction of sp³-hybridized carbons (Fsp3) is 0.963. The Labute approximate surface area is 189 Å². The van der Waals surface area contributed by atoms with E-state index in [1.807, 2.05) is 0 Å². The van der Waals surface area contributed by atoms with Gasteiger partial charge in [0.05, 0.1) is 19.3 Å². The Morgan fingerprint density at radius 1 is 1.03 bits per heavy atom. The van der Waals surface area contributed by atoms with Crippen LogP contribution < -0.4 is 0 Å². The number of hydrogen-bond acceptors (Lipinski definition) is 4. The molecule has 178 valence electrons. The first-order chi connectivity index (χ1) is 14.7. The fourth-order valence-corrected chi connectivity index (χ4v) is 9.58. The minimum atomic E-state index is -0.230. The first-order valence-electron chi connectivity index (χ1n) is 13.1. The zero-order chi connectivity index (χ0) is 22.6. The van der Waals surface area contributed by atoms with Gasteiger partial charge in [-0.15, -0.1) is 0 Å². The highest BCUT2D eigenvalue weighted by atomic mass is 16.5. The molecule has 0 aromatic heterocycles. The van der Waals surface area contributed by atoms with Crippen LogP contribution in [0.25, 0.3) is 0 Å². The lowest BCUT2D eigenvalue weighted by atomic mass is 9.41. The predicted molar refractivity (Wildman–Crippen MR) is 122 cm³/mol. The van der Waals surface area contributed by atoms with Crippen LogP contribution in [0.1, 0.15) is 91.9 Å². The summed E-state index contributed by atoms with van der Waals surface area (Å²) in [6.07, 6.45) is 9.87. The molecule has 0 bridgehead atoms. The van der Waals surface area contributed by atoms with Crippen molar-refractivity contribution >= 4 is 5.97 Å². The Kier molecular flexibility index (Phi) is 6.55. The molecule has 0 aromatic rings. The molecule has 4 aliphatic rings. The summed E-state index contributed by atoms with van der Waals surface area (Å²) in [5.41, 5.74) is 0.535. The maximum absolute atomic E-state index is 11.8. The number of hydrogen-bond donors (Lipinski definition) is 2. The van der Waals surface area contributed by atoms with Crippen molar-refractivity contribution in [3.63, 3.8) is 0 Å². The fourth-order valence-electron chi connectivity index (χ4n) is 9.58. The molecule has 11 atom stereocenters. The van der Waals surface area contributed by atoms with Gasteiger partial charge < -0.3 is 14.9 Å². The van der Waals surface area contributed by atoms with Gasteiger partial charge in [-0.25, -0.2) is 0 Å². The summed E-state index contributed by atoms with van der Waals surface area (Å²) in [4.78, 5) is 11.7. The maximum atomic E-state index is 11.8. The van der Waals surface area contributed by atoms with Crippen molar-refractivity contribution in [1.29, 1.82) is 0 Å². The molecule has 31 heavy (non-hydrogen) atoms. The van der Waals surface area contributed by atoms with E-state index in [2.05, 4.69) is 27.7 Å². The number of esters is 1. The average molecular weight is 435 g/mol. The summed E-state index contributed by atoms with van der Waals surface area (Å²) in [5.74, 6) is 3.41. The quantitative estimate of drug-likeness (QED) is 0.584. The van der Waals surface area contributed by atoms with Crippen LogP contribution in [-0.4, -0.2) is 35.5 Å². The van der Waals surface area contributed by atoms with Crippen LogP contribution in [0.15, 0.2) is 0 Å². The van der Waals surface area contributed by atoms with Crippen molar-refractivity contribution in [2.24, 2.45) is 52.3 Å². The van der Waals surface area contributed by atoms with E-state index < -0.39 is 0 Å². The zero-order valence-corrected chi connectivity index (χ0v) is 20.5. The third-order valence-electron chi connectivity index (χ3n) is 11.2. The zero-order valence-electron chi connectivity index (χ0n) is 20.5. The predicted octanol–water partition coefficient (Wildman–Crippen LogP) is 5.20. The van der Waals surface area contributed by atoms with E-state index in [0.29, 0.717) is 47.8 Å². The normalized spacial score (nSPS) is 50.2. The lowest BCUT2D eigenvalue weighted by Crippen LogP contribution is -2.62. The van der Waals surface area contributed by atoms with Crippen LogP contribution in [0, 0.1) is 52.3 Å². The molecule has 4 saturated carbocycles. The van der Waals surface area contributed by atoms with E-state index in [-0.39, 0.29) is 29.0 Å². The number of rotatable bonds is 5. The Balaban J connectivity index is 1.58. The maximum Gasteiger partial charge on any atom is 0.305 e. The van der Waals surface area contributed by atoms with Crippen molar-refractivity contribution in [3.8, 4) is 0 Å². The smallest absolute Gasteiger partial charge is 0.305 e. The van der Waals surface area contributed by atoms with Gasteiger partial charge in [-0.2, -0.15) is 0 Å². The van der Waals surface area contributed by atoms with Gasteiger partial charge in [0.1, 0.15) is 0 Å². The second-order valence-electron chi connectivity index (χ2n) is 12.2. The second-order valence-corrected chi connectivity index (χ2v) is 12.2. The molecule has 0 spiro atoms. The molecular weight excluding hydrogens is 388 g/mol. The molecule has 4 heteroatoms. The molecular formula is C27H46O4. The van der Waals surface area contributed by atoms with Gasteiger partial charge in [-0.05, 0) is 104 Å². The summed E-state index contributed by atoms with van der Waals surface area (Å²) in [6.45, 7) is 9.58. The van der Waals surface area contributed by atoms with Gasteiger partial charge in [0, 0.05) is 6.42 Å². The highest BCUT2D eigenvalue weighted by Crippen LogP contribution is 2.69. The summed E-state index contributed by atoms with van der Waals surface area (Å²) in [5, 5.41) is 22.2. The molecule has 0 saturated heterocycles. The van der Waals surface area contributed by atoms with E-state index in [4.69, 9.17) is 4.74 Å². The molecule has 2 N–H and O–H groups in total. The SMILES string of the molecule is CCC1[C@@H](O)[C@@H]2[C@H](CC[C@]3(C)[C@@H](C(C)CCC(=O)OC)CC[C@@H]23)[C@@]2(C)CC[C@@H](O)C[C@@H]12. The molecule has 4 rings (SSSR count). The number of carbonyl (C=O) groups is 1. The first-order valence-corrected chi connectivity index (χ1v) is 13.1. The van der Waals surface area contributed by atoms with Crippen molar-refractivity contribution < 1.29 is 19.7 Å². The molecule has 0 heterocycles. The van der Waals surface area contributed by atoms with Gasteiger partial charge in [0.15, 0.2) is 0 Å². The highest BCUT2D eigenvalue weighted by molar-refractivity contribution is 5.69.